The van der Waals surface area contributed by atoms with Crippen molar-refractivity contribution in [1.29, 1.82) is 0 Å². The number of benzene rings is 1. The van der Waals surface area contributed by atoms with E-state index in [4.69, 9.17) is 11.5 Å². The van der Waals surface area contributed by atoms with Gasteiger partial charge in [-0.15, -0.1) is 0 Å². The molecule has 1 aliphatic heterocycles. The van der Waals surface area contributed by atoms with E-state index in [-0.39, 0.29) is 10.9 Å². The lowest BCUT2D eigenvalue weighted by atomic mass is 10.1. The summed E-state index contributed by atoms with van der Waals surface area (Å²) in [6.07, 6.45) is 4.59. The minimum Gasteiger partial charge on any atom is -0.382 e. The first kappa shape index (κ1) is 19.2. The molecule has 0 bridgehead atoms. The van der Waals surface area contributed by atoms with Crippen molar-refractivity contribution in [2.75, 3.05) is 30.0 Å². The third kappa shape index (κ3) is 3.25. The Bertz CT molecular complexity index is 1140. The molecule has 0 amide bonds. The highest BCUT2D eigenvalue weighted by Gasteiger charge is 2.28. The van der Waals surface area contributed by atoms with Crippen LogP contribution in [0, 0.1) is 0 Å². The number of nitrogens with two attached hydrogens (primary N) is 2. The topological polar surface area (TPSA) is 120 Å². The molecule has 0 saturated carbocycles. The first-order valence-corrected chi connectivity index (χ1v) is 11.6. The van der Waals surface area contributed by atoms with E-state index in [0.29, 0.717) is 11.3 Å². The van der Waals surface area contributed by atoms with E-state index in [2.05, 4.69) is 30.9 Å². The summed E-state index contributed by atoms with van der Waals surface area (Å²) in [7, 11) is -3.27. The SMILES string of the molecule is CS(=O)(=O)c1ccc(-c2c(Br)c(N3CCC[C@@H](N)C3)c3c(N)ncnn23)cc1. The molecule has 1 aromatic carbocycles. The number of sulfone groups is 1. The van der Waals surface area contributed by atoms with Crippen LogP contribution in [0.3, 0.4) is 0 Å². The minimum atomic E-state index is -3.27. The van der Waals surface area contributed by atoms with Gasteiger partial charge in [-0.1, -0.05) is 12.1 Å². The second-order valence-corrected chi connectivity index (χ2v) is 9.87. The Morgan fingerprint density at radius 3 is 2.61 bits per heavy atom. The summed E-state index contributed by atoms with van der Waals surface area (Å²) in [5.41, 5.74) is 15.6. The number of hydrogen-bond acceptors (Lipinski definition) is 7. The van der Waals surface area contributed by atoms with E-state index in [9.17, 15) is 8.42 Å². The number of nitrogen functional groups attached to an aromatic ring is 1. The fourth-order valence-corrected chi connectivity index (χ4v) is 5.14. The molecule has 3 heterocycles. The van der Waals surface area contributed by atoms with Crippen LogP contribution in [0.2, 0.25) is 0 Å². The average molecular weight is 465 g/mol. The Balaban J connectivity index is 1.92. The molecule has 1 saturated heterocycles. The van der Waals surface area contributed by atoms with Crippen LogP contribution in [0.15, 0.2) is 40.0 Å². The minimum absolute atomic E-state index is 0.0962. The molecular weight excluding hydrogens is 444 g/mol. The van der Waals surface area contributed by atoms with Gasteiger partial charge in [-0.3, -0.25) is 0 Å². The van der Waals surface area contributed by atoms with E-state index in [1.54, 1.807) is 28.8 Å². The van der Waals surface area contributed by atoms with Crippen molar-refractivity contribution >= 4 is 42.8 Å². The van der Waals surface area contributed by atoms with Gasteiger partial charge in [-0.2, -0.15) is 5.10 Å². The van der Waals surface area contributed by atoms with Gasteiger partial charge in [0.05, 0.1) is 20.7 Å². The van der Waals surface area contributed by atoms with Crippen LogP contribution in [0.1, 0.15) is 12.8 Å². The Morgan fingerprint density at radius 1 is 1.25 bits per heavy atom. The Morgan fingerprint density at radius 2 is 1.96 bits per heavy atom. The standard InChI is InChI=1S/C18H21BrN6O2S/c1-28(26,27)13-6-4-11(5-7-13)15-14(19)16(24-8-2-3-12(20)9-24)17-18(21)22-10-23-25(15)17/h4-7,10,12H,2-3,8-9,20H2,1H3,(H2,21,22,23)/t12-/m1/s1. The fourth-order valence-electron chi connectivity index (χ4n) is 3.68. The second-order valence-electron chi connectivity index (χ2n) is 7.06. The molecule has 1 aliphatic rings. The van der Waals surface area contributed by atoms with Gasteiger partial charge in [0.15, 0.2) is 15.7 Å². The quantitative estimate of drug-likeness (QED) is 0.608. The summed E-state index contributed by atoms with van der Waals surface area (Å²) < 4.78 is 26.1. The number of anilines is 2. The van der Waals surface area contributed by atoms with Crippen molar-refractivity contribution in [1.82, 2.24) is 14.6 Å². The van der Waals surface area contributed by atoms with Crippen molar-refractivity contribution in [3.63, 3.8) is 0 Å². The van der Waals surface area contributed by atoms with Gasteiger partial charge in [-0.25, -0.2) is 17.9 Å². The van der Waals surface area contributed by atoms with Crippen LogP contribution in [0.5, 0.6) is 0 Å². The summed E-state index contributed by atoms with van der Waals surface area (Å²) in [5, 5.41) is 4.40. The Labute approximate surface area is 171 Å². The van der Waals surface area contributed by atoms with Crippen LogP contribution in [-0.2, 0) is 9.84 Å². The van der Waals surface area contributed by atoms with Crippen LogP contribution in [0.25, 0.3) is 16.8 Å². The monoisotopic (exact) mass is 464 g/mol. The maximum atomic E-state index is 11.8. The van der Waals surface area contributed by atoms with Gasteiger partial charge in [0.1, 0.15) is 11.8 Å². The molecule has 8 nitrogen and oxygen atoms in total. The van der Waals surface area contributed by atoms with Gasteiger partial charge in [0.2, 0.25) is 0 Å². The van der Waals surface area contributed by atoms with Crippen molar-refractivity contribution in [2.45, 2.75) is 23.8 Å². The normalized spacial score (nSPS) is 18.0. The third-order valence-corrected chi connectivity index (χ3v) is 6.88. The summed E-state index contributed by atoms with van der Waals surface area (Å²) in [4.78, 5) is 6.64. The van der Waals surface area contributed by atoms with Crippen molar-refractivity contribution in [3.05, 3.63) is 35.1 Å². The Hall–Kier alpha value is -2.17. The summed E-state index contributed by atoms with van der Waals surface area (Å²) >= 11 is 3.73. The first-order valence-electron chi connectivity index (χ1n) is 8.89. The molecule has 0 aliphatic carbocycles. The lowest BCUT2D eigenvalue weighted by Crippen LogP contribution is -2.43. The number of piperidine rings is 1. The number of halogens is 1. The first-order chi connectivity index (χ1) is 13.3. The van der Waals surface area contributed by atoms with Crippen LogP contribution in [0.4, 0.5) is 11.5 Å². The number of aromatic nitrogens is 3. The molecule has 0 spiro atoms. The lowest BCUT2D eigenvalue weighted by molar-refractivity contribution is 0.506. The van der Waals surface area contributed by atoms with Crippen molar-refractivity contribution in [3.8, 4) is 11.3 Å². The van der Waals surface area contributed by atoms with E-state index in [1.165, 1.54) is 12.6 Å². The lowest BCUT2D eigenvalue weighted by Gasteiger charge is -2.32. The van der Waals surface area contributed by atoms with Crippen molar-refractivity contribution in [2.24, 2.45) is 5.73 Å². The predicted molar refractivity (Wildman–Crippen MR) is 113 cm³/mol. The molecule has 1 fully saturated rings. The highest BCUT2D eigenvalue weighted by Crippen LogP contribution is 2.43. The molecule has 3 aromatic rings. The zero-order valence-corrected chi connectivity index (χ0v) is 17.7. The smallest absolute Gasteiger partial charge is 0.175 e. The predicted octanol–water partition coefficient (Wildman–Crippen LogP) is 2.07. The highest BCUT2D eigenvalue weighted by atomic mass is 79.9. The van der Waals surface area contributed by atoms with Gasteiger partial charge < -0.3 is 16.4 Å². The number of hydrogen-bond donors (Lipinski definition) is 2. The zero-order valence-electron chi connectivity index (χ0n) is 15.3. The van der Waals surface area contributed by atoms with Gasteiger partial charge in [-0.05, 0) is 40.9 Å². The number of fused-ring (bicyclic) bond motifs is 1. The van der Waals surface area contributed by atoms with Crippen LogP contribution >= 0.6 is 15.9 Å². The van der Waals surface area contributed by atoms with Crippen molar-refractivity contribution < 1.29 is 8.42 Å². The molecule has 2 aromatic heterocycles. The summed E-state index contributed by atoms with van der Waals surface area (Å²) in [6, 6.07) is 6.83. The molecule has 4 N–H and O–H groups in total. The number of rotatable bonds is 3. The van der Waals surface area contributed by atoms with E-state index >= 15 is 0 Å². The number of nitrogens with zero attached hydrogens (tertiary/aromatic N) is 4. The molecule has 0 unspecified atom stereocenters. The summed E-state index contributed by atoms with van der Waals surface area (Å²) in [5.74, 6) is 0.379. The van der Waals surface area contributed by atoms with Crippen LogP contribution < -0.4 is 16.4 Å². The summed E-state index contributed by atoms with van der Waals surface area (Å²) in [6.45, 7) is 1.59. The molecule has 4 rings (SSSR count). The largest absolute Gasteiger partial charge is 0.382 e. The van der Waals surface area contributed by atoms with Gasteiger partial charge in [0.25, 0.3) is 0 Å². The highest BCUT2D eigenvalue weighted by molar-refractivity contribution is 9.10. The zero-order chi connectivity index (χ0) is 20.1. The van der Waals surface area contributed by atoms with E-state index in [1.807, 2.05) is 0 Å². The second kappa shape index (κ2) is 7.02. The fraction of sp³-hybridized carbons (Fsp3) is 0.333. The van der Waals surface area contributed by atoms with Crippen LogP contribution in [-0.4, -0.2) is 48.4 Å². The van der Waals surface area contributed by atoms with Gasteiger partial charge in [0, 0.05) is 31.0 Å². The van der Waals surface area contributed by atoms with Gasteiger partial charge >= 0.3 is 0 Å². The Kier molecular flexibility index (Phi) is 4.80. The molecule has 148 valence electrons. The molecule has 0 radical (unpaired) electrons. The molecule has 28 heavy (non-hydrogen) atoms. The molecule has 1 atom stereocenters. The third-order valence-electron chi connectivity index (χ3n) is 5.00. The average Bonchev–Trinajstić information content (AvgIpc) is 2.94. The van der Waals surface area contributed by atoms with E-state index < -0.39 is 9.84 Å². The van der Waals surface area contributed by atoms with E-state index in [0.717, 1.165) is 47.3 Å². The maximum Gasteiger partial charge on any atom is 0.175 e. The molecule has 10 heteroatoms. The maximum absolute atomic E-state index is 11.8. The molecular formula is C18H21BrN6O2S.